The van der Waals surface area contributed by atoms with E-state index in [4.69, 9.17) is 9.40 Å². The van der Waals surface area contributed by atoms with Crippen LogP contribution in [0.5, 0.6) is 0 Å². The molecule has 8 nitrogen and oxygen atoms in total. The number of anilines is 1. The first kappa shape index (κ1) is 32.9. The number of fused-ring (bicyclic) bond motifs is 2. The maximum absolute atomic E-state index is 13.8. The zero-order chi connectivity index (χ0) is 32.9. The Morgan fingerprint density at radius 3 is 2.55 bits per heavy atom. The van der Waals surface area contributed by atoms with Gasteiger partial charge >= 0.3 is 5.63 Å². The first-order chi connectivity index (χ1) is 22.8. The summed E-state index contributed by atoms with van der Waals surface area (Å²) in [4.78, 5) is 40.6. The van der Waals surface area contributed by atoms with Gasteiger partial charge in [-0.05, 0) is 94.4 Å². The van der Waals surface area contributed by atoms with Crippen molar-refractivity contribution < 1.29 is 9.21 Å². The van der Waals surface area contributed by atoms with Crippen molar-refractivity contribution in [1.29, 1.82) is 0 Å². The number of piperidine rings is 1. The van der Waals surface area contributed by atoms with Crippen molar-refractivity contribution in [3.63, 3.8) is 0 Å². The number of nitrogens with zero attached hydrogens (tertiary/aromatic N) is 5. The van der Waals surface area contributed by atoms with E-state index in [2.05, 4.69) is 52.1 Å². The average molecular weight is 652 g/mol. The summed E-state index contributed by atoms with van der Waals surface area (Å²) in [5.41, 5.74) is 3.49. The van der Waals surface area contributed by atoms with Gasteiger partial charge in [-0.3, -0.25) is 9.69 Å². The molecule has 3 aromatic carbocycles. The average Bonchev–Trinajstić information content (AvgIpc) is 3.54. The van der Waals surface area contributed by atoms with E-state index in [0.29, 0.717) is 28.6 Å². The maximum Gasteiger partial charge on any atom is 0.346 e. The van der Waals surface area contributed by atoms with Crippen molar-refractivity contribution in [1.82, 2.24) is 19.7 Å². The molecule has 47 heavy (non-hydrogen) atoms. The van der Waals surface area contributed by atoms with Crippen molar-refractivity contribution in [2.24, 2.45) is 5.92 Å². The van der Waals surface area contributed by atoms with E-state index in [1.807, 2.05) is 67.5 Å². The zero-order valence-electron chi connectivity index (χ0n) is 27.9. The molecule has 0 unspecified atom stereocenters. The summed E-state index contributed by atoms with van der Waals surface area (Å²) in [5.74, 6) is 0.472. The Bertz CT molecular complexity index is 1900. The van der Waals surface area contributed by atoms with Gasteiger partial charge in [0.05, 0.1) is 11.3 Å². The smallest absolute Gasteiger partial charge is 0.346 e. The number of carbonyl (C=O) groups excluding carboxylic acids is 1. The van der Waals surface area contributed by atoms with Gasteiger partial charge in [0, 0.05) is 73.9 Å². The molecule has 2 aromatic heterocycles. The number of likely N-dealkylation sites (N-methyl/N-ethyl adjacent to an activating group) is 1. The Balaban J connectivity index is 1.13. The highest BCUT2D eigenvalue weighted by Gasteiger charge is 2.26. The molecule has 1 aliphatic rings. The van der Waals surface area contributed by atoms with Gasteiger partial charge in [0.15, 0.2) is 0 Å². The van der Waals surface area contributed by atoms with E-state index < -0.39 is 0 Å². The third kappa shape index (κ3) is 7.75. The van der Waals surface area contributed by atoms with Crippen LogP contribution in [0.4, 0.5) is 5.69 Å². The minimum atomic E-state index is -0.359. The molecule has 0 saturated carbocycles. The topological polar surface area (TPSA) is 73.1 Å². The van der Waals surface area contributed by atoms with Crippen LogP contribution in [0.15, 0.2) is 81.3 Å². The predicted molar refractivity (Wildman–Crippen MR) is 194 cm³/mol. The number of hydrogen-bond acceptors (Lipinski definition) is 8. The quantitative estimate of drug-likeness (QED) is 0.137. The van der Waals surface area contributed by atoms with Crippen LogP contribution in [-0.4, -0.2) is 85.5 Å². The van der Waals surface area contributed by atoms with Crippen LogP contribution in [0.3, 0.4) is 0 Å². The van der Waals surface area contributed by atoms with E-state index >= 15 is 0 Å². The van der Waals surface area contributed by atoms with Gasteiger partial charge < -0.3 is 19.1 Å². The summed E-state index contributed by atoms with van der Waals surface area (Å²) in [6, 6.07) is 22.2. The van der Waals surface area contributed by atoms with Crippen LogP contribution in [-0.2, 0) is 6.54 Å². The molecule has 0 aliphatic carbocycles. The molecule has 1 amide bonds. The van der Waals surface area contributed by atoms with Crippen LogP contribution in [0.25, 0.3) is 32.3 Å². The number of rotatable bonds is 12. The molecule has 1 atom stereocenters. The molecule has 246 valence electrons. The number of benzene rings is 3. The van der Waals surface area contributed by atoms with Gasteiger partial charge in [0.1, 0.15) is 10.6 Å². The fourth-order valence-corrected chi connectivity index (χ4v) is 7.44. The highest BCUT2D eigenvalue weighted by molar-refractivity contribution is 7.13. The molecule has 1 fully saturated rings. The molecule has 1 aliphatic heterocycles. The van der Waals surface area contributed by atoms with Crippen molar-refractivity contribution in [2.75, 3.05) is 64.8 Å². The Morgan fingerprint density at radius 2 is 1.77 bits per heavy atom. The van der Waals surface area contributed by atoms with E-state index in [-0.39, 0.29) is 11.5 Å². The summed E-state index contributed by atoms with van der Waals surface area (Å²) in [6.45, 7) is 10.9. The molecular weight excluding hydrogens is 607 g/mol. The lowest BCUT2D eigenvalue weighted by molar-refractivity contribution is 0.0660. The number of carbonyl (C=O) groups is 1. The Morgan fingerprint density at radius 1 is 0.979 bits per heavy atom. The highest BCUT2D eigenvalue weighted by Crippen LogP contribution is 2.28. The van der Waals surface area contributed by atoms with Crippen LogP contribution in [0, 0.1) is 5.92 Å². The lowest BCUT2D eigenvalue weighted by Gasteiger charge is -2.36. The summed E-state index contributed by atoms with van der Waals surface area (Å²) in [5, 5.41) is 5.86. The largest absolute Gasteiger partial charge is 0.422 e. The fraction of sp³-hybridized carbons (Fsp3) is 0.395. The van der Waals surface area contributed by atoms with Crippen LogP contribution in [0.2, 0.25) is 0 Å². The molecule has 5 aromatic rings. The lowest BCUT2D eigenvalue weighted by Crippen LogP contribution is -2.44. The monoisotopic (exact) mass is 651 g/mol. The van der Waals surface area contributed by atoms with Gasteiger partial charge in [0.25, 0.3) is 5.91 Å². The highest BCUT2D eigenvalue weighted by atomic mass is 32.1. The molecule has 3 heterocycles. The molecule has 0 N–H and O–H groups in total. The van der Waals surface area contributed by atoms with Crippen LogP contribution in [0.1, 0.15) is 42.7 Å². The lowest BCUT2D eigenvalue weighted by atomic mass is 9.96. The normalized spacial score (nSPS) is 15.5. The van der Waals surface area contributed by atoms with Crippen molar-refractivity contribution in [2.45, 2.75) is 33.2 Å². The van der Waals surface area contributed by atoms with Gasteiger partial charge in [-0.15, -0.1) is 11.3 Å². The number of likely N-dealkylation sites (tertiary alicyclic amines) is 1. The SMILES string of the molecule is CCN(CC)c1ccc2cc(-c3nc(CN4CCC[C@H](CN(CCN(C)C)C(=O)c5ccc6ccccc6c5)C4)cs3)c(=O)oc2c1. The number of amides is 1. The molecule has 6 rings (SSSR count). The van der Waals surface area contributed by atoms with E-state index in [1.54, 1.807) is 0 Å². The molecule has 1 saturated heterocycles. The summed E-state index contributed by atoms with van der Waals surface area (Å²) in [7, 11) is 4.10. The second-order valence-electron chi connectivity index (χ2n) is 12.8. The fourth-order valence-electron chi connectivity index (χ4n) is 6.62. The Kier molecular flexibility index (Phi) is 10.3. The first-order valence-corrected chi connectivity index (χ1v) is 17.6. The maximum atomic E-state index is 13.8. The van der Waals surface area contributed by atoms with Crippen molar-refractivity contribution in [3.8, 4) is 10.6 Å². The second kappa shape index (κ2) is 14.8. The molecular formula is C38H45N5O3S. The third-order valence-electron chi connectivity index (χ3n) is 9.20. The summed E-state index contributed by atoms with van der Waals surface area (Å²) in [6.07, 6.45) is 2.17. The van der Waals surface area contributed by atoms with Crippen LogP contribution >= 0.6 is 11.3 Å². The van der Waals surface area contributed by atoms with Gasteiger partial charge in [-0.2, -0.15) is 0 Å². The molecule has 0 spiro atoms. The Hall–Kier alpha value is -4.05. The summed E-state index contributed by atoms with van der Waals surface area (Å²) >= 11 is 1.49. The minimum absolute atomic E-state index is 0.0948. The van der Waals surface area contributed by atoms with Gasteiger partial charge in [-0.25, -0.2) is 9.78 Å². The number of aromatic nitrogens is 1. The van der Waals surface area contributed by atoms with Crippen molar-refractivity contribution in [3.05, 3.63) is 93.8 Å². The molecule has 0 radical (unpaired) electrons. The van der Waals surface area contributed by atoms with E-state index in [9.17, 15) is 9.59 Å². The summed E-state index contributed by atoms with van der Waals surface area (Å²) < 4.78 is 5.78. The standard InChI is InChI=1S/C38H45N5O3S/c1-5-42(6-2)33-16-15-30-21-34(38(45)46-35(30)22-33)36-39-32(26-47-36)25-41-17-9-10-27(23-41)24-43(19-18-40(3)4)37(44)31-14-13-28-11-7-8-12-29(28)20-31/h7-8,11-16,20-22,26-27H,5-6,9-10,17-19,23-25H2,1-4H3/t27-/m0/s1. The third-order valence-corrected chi connectivity index (χ3v) is 10.1. The first-order valence-electron chi connectivity index (χ1n) is 16.7. The van der Waals surface area contributed by atoms with Crippen molar-refractivity contribution >= 4 is 44.7 Å². The molecule has 0 bridgehead atoms. The molecule has 9 heteroatoms. The predicted octanol–water partition coefficient (Wildman–Crippen LogP) is 6.83. The minimum Gasteiger partial charge on any atom is -0.422 e. The van der Waals surface area contributed by atoms with E-state index in [1.165, 1.54) is 11.3 Å². The second-order valence-corrected chi connectivity index (χ2v) is 13.7. The Labute approximate surface area is 281 Å². The number of hydrogen-bond donors (Lipinski definition) is 0. The zero-order valence-corrected chi connectivity index (χ0v) is 28.8. The van der Waals surface area contributed by atoms with E-state index in [0.717, 1.165) is 91.8 Å². The number of thiazole rings is 1. The van der Waals surface area contributed by atoms with Gasteiger partial charge in [0.2, 0.25) is 0 Å². The van der Waals surface area contributed by atoms with Crippen LogP contribution < -0.4 is 10.5 Å². The van der Waals surface area contributed by atoms with Gasteiger partial charge in [-0.1, -0.05) is 30.3 Å².